The molecule has 20 heavy (non-hydrogen) atoms. The first-order valence-corrected chi connectivity index (χ1v) is 7.39. The van der Waals surface area contributed by atoms with Gasteiger partial charge in [0.05, 0.1) is 6.10 Å². The number of para-hydroxylation sites is 1. The first-order chi connectivity index (χ1) is 9.86. The minimum atomic E-state index is 0.446. The summed E-state index contributed by atoms with van der Waals surface area (Å²) in [6.07, 6.45) is 2.66. The number of rotatable bonds is 5. The number of benzene rings is 2. The molecule has 0 saturated heterocycles. The summed E-state index contributed by atoms with van der Waals surface area (Å²) >= 11 is 0. The summed E-state index contributed by atoms with van der Waals surface area (Å²) in [7, 11) is 0. The number of anilines is 1. The Bertz CT molecular complexity index is 546. The highest BCUT2D eigenvalue weighted by Crippen LogP contribution is 2.32. The van der Waals surface area contributed by atoms with Gasteiger partial charge < -0.3 is 10.1 Å². The van der Waals surface area contributed by atoms with Crippen LogP contribution in [0.1, 0.15) is 19.8 Å². The van der Waals surface area contributed by atoms with Crippen molar-refractivity contribution in [3.8, 4) is 11.1 Å². The molecule has 2 aromatic rings. The van der Waals surface area contributed by atoms with Crippen LogP contribution in [0.25, 0.3) is 11.1 Å². The zero-order valence-corrected chi connectivity index (χ0v) is 11.9. The van der Waals surface area contributed by atoms with E-state index in [-0.39, 0.29) is 0 Å². The van der Waals surface area contributed by atoms with Crippen molar-refractivity contribution < 1.29 is 4.74 Å². The average molecular weight is 267 g/mol. The molecule has 1 aliphatic carbocycles. The Kier molecular flexibility index (Phi) is 4.03. The minimum Gasteiger partial charge on any atom is -0.382 e. The largest absolute Gasteiger partial charge is 0.382 e. The van der Waals surface area contributed by atoms with Crippen LogP contribution in [0.15, 0.2) is 54.6 Å². The molecule has 0 radical (unpaired) electrons. The fraction of sp³-hybridized carbons (Fsp3) is 0.333. The number of hydrogen-bond donors (Lipinski definition) is 1. The topological polar surface area (TPSA) is 21.3 Å². The average Bonchev–Trinajstić information content (AvgIpc) is 2.46. The molecule has 0 bridgehead atoms. The SMILES string of the molecule is CCOC1CC(Nc2ccccc2-c2ccccc2)C1. The van der Waals surface area contributed by atoms with Crippen molar-refractivity contribution in [3.05, 3.63) is 54.6 Å². The lowest BCUT2D eigenvalue weighted by atomic mass is 9.88. The quantitative estimate of drug-likeness (QED) is 0.870. The lowest BCUT2D eigenvalue weighted by molar-refractivity contribution is 0.00300. The second-order valence-electron chi connectivity index (χ2n) is 5.30. The predicted molar refractivity (Wildman–Crippen MR) is 83.9 cm³/mol. The van der Waals surface area contributed by atoms with Gasteiger partial charge in [-0.05, 0) is 31.4 Å². The Balaban J connectivity index is 1.72. The molecule has 0 spiro atoms. The molecule has 2 aromatic carbocycles. The summed E-state index contributed by atoms with van der Waals surface area (Å²) in [5.41, 5.74) is 3.75. The van der Waals surface area contributed by atoms with Crippen LogP contribution < -0.4 is 5.32 Å². The molecule has 2 nitrogen and oxygen atoms in total. The first-order valence-electron chi connectivity index (χ1n) is 7.39. The fourth-order valence-electron chi connectivity index (χ4n) is 2.75. The molecule has 0 atom stereocenters. The first kappa shape index (κ1) is 13.2. The third-order valence-electron chi connectivity index (χ3n) is 3.87. The van der Waals surface area contributed by atoms with Crippen LogP contribution >= 0.6 is 0 Å². The summed E-state index contributed by atoms with van der Waals surface area (Å²) in [6.45, 7) is 2.88. The van der Waals surface area contributed by atoms with E-state index in [1.807, 2.05) is 0 Å². The number of hydrogen-bond acceptors (Lipinski definition) is 2. The maximum Gasteiger partial charge on any atom is 0.0614 e. The Hall–Kier alpha value is -1.80. The summed E-state index contributed by atoms with van der Waals surface area (Å²) < 4.78 is 5.62. The summed E-state index contributed by atoms with van der Waals surface area (Å²) in [5.74, 6) is 0. The van der Waals surface area contributed by atoms with Gasteiger partial charge in [-0.2, -0.15) is 0 Å². The van der Waals surface area contributed by atoms with Crippen molar-refractivity contribution in [2.45, 2.75) is 31.9 Å². The summed E-state index contributed by atoms with van der Waals surface area (Å²) in [4.78, 5) is 0. The maximum absolute atomic E-state index is 5.62. The van der Waals surface area contributed by atoms with E-state index < -0.39 is 0 Å². The zero-order chi connectivity index (χ0) is 13.8. The highest BCUT2D eigenvalue weighted by Gasteiger charge is 2.29. The van der Waals surface area contributed by atoms with Crippen LogP contribution in [0.2, 0.25) is 0 Å². The van der Waals surface area contributed by atoms with Gasteiger partial charge in [-0.25, -0.2) is 0 Å². The molecule has 1 saturated carbocycles. The Morgan fingerprint density at radius 1 is 1.00 bits per heavy atom. The van der Waals surface area contributed by atoms with Crippen LogP contribution in [0, 0.1) is 0 Å². The van der Waals surface area contributed by atoms with Gasteiger partial charge in [0.2, 0.25) is 0 Å². The van der Waals surface area contributed by atoms with Gasteiger partial charge >= 0.3 is 0 Å². The van der Waals surface area contributed by atoms with Crippen molar-refractivity contribution in [3.63, 3.8) is 0 Å². The number of nitrogens with one attached hydrogen (secondary N) is 1. The molecule has 104 valence electrons. The van der Waals surface area contributed by atoms with E-state index in [4.69, 9.17) is 4.74 Å². The van der Waals surface area contributed by atoms with Crippen LogP contribution in [0.4, 0.5) is 5.69 Å². The van der Waals surface area contributed by atoms with Crippen LogP contribution in [-0.2, 0) is 4.74 Å². The normalized spacial score (nSPS) is 21.2. The Morgan fingerprint density at radius 2 is 1.70 bits per heavy atom. The molecule has 1 aliphatic rings. The van der Waals surface area contributed by atoms with Crippen LogP contribution in [0.5, 0.6) is 0 Å². The lowest BCUT2D eigenvalue weighted by Crippen LogP contribution is -2.40. The van der Waals surface area contributed by atoms with Gasteiger partial charge in [-0.15, -0.1) is 0 Å². The second kappa shape index (κ2) is 6.10. The number of ether oxygens (including phenoxy) is 1. The van der Waals surface area contributed by atoms with Crippen molar-refractivity contribution in [1.82, 2.24) is 0 Å². The van der Waals surface area contributed by atoms with Crippen molar-refractivity contribution >= 4 is 5.69 Å². The van der Waals surface area contributed by atoms with Crippen LogP contribution in [-0.4, -0.2) is 18.8 Å². The van der Waals surface area contributed by atoms with Gasteiger partial charge in [0.15, 0.2) is 0 Å². The van der Waals surface area contributed by atoms with Crippen molar-refractivity contribution in [2.75, 3.05) is 11.9 Å². The molecule has 0 heterocycles. The van der Waals surface area contributed by atoms with Gasteiger partial charge in [-0.3, -0.25) is 0 Å². The molecular formula is C18H21NO. The van der Waals surface area contributed by atoms with Crippen molar-refractivity contribution in [2.24, 2.45) is 0 Å². The van der Waals surface area contributed by atoms with Gasteiger partial charge in [-0.1, -0.05) is 48.5 Å². The molecule has 0 unspecified atom stereocenters. The van der Waals surface area contributed by atoms with E-state index in [1.54, 1.807) is 0 Å². The zero-order valence-electron chi connectivity index (χ0n) is 11.9. The molecular weight excluding hydrogens is 246 g/mol. The van der Waals surface area contributed by atoms with E-state index in [9.17, 15) is 0 Å². The van der Waals surface area contributed by atoms with Gasteiger partial charge in [0.1, 0.15) is 0 Å². The van der Waals surface area contributed by atoms with Crippen molar-refractivity contribution in [1.29, 1.82) is 0 Å². The van der Waals surface area contributed by atoms with E-state index >= 15 is 0 Å². The molecule has 0 aromatic heterocycles. The fourth-order valence-corrected chi connectivity index (χ4v) is 2.75. The third-order valence-corrected chi connectivity index (χ3v) is 3.87. The molecule has 2 heteroatoms. The smallest absolute Gasteiger partial charge is 0.0614 e. The highest BCUT2D eigenvalue weighted by molar-refractivity contribution is 5.77. The molecule has 0 amide bonds. The monoisotopic (exact) mass is 267 g/mol. The van der Waals surface area contributed by atoms with E-state index in [1.165, 1.54) is 16.8 Å². The summed E-state index contributed by atoms with van der Waals surface area (Å²) in [6, 6.07) is 19.6. The Morgan fingerprint density at radius 3 is 2.45 bits per heavy atom. The van der Waals surface area contributed by atoms with Gasteiger partial charge in [0, 0.05) is 23.9 Å². The third kappa shape index (κ3) is 2.86. The Labute approximate surface area is 120 Å². The van der Waals surface area contributed by atoms with Crippen LogP contribution in [0.3, 0.4) is 0 Å². The van der Waals surface area contributed by atoms with Gasteiger partial charge in [0.25, 0.3) is 0 Å². The predicted octanol–water partition coefficient (Wildman–Crippen LogP) is 4.33. The maximum atomic E-state index is 5.62. The molecule has 3 rings (SSSR count). The molecule has 1 N–H and O–H groups in total. The standard InChI is InChI=1S/C18H21NO/c1-2-20-16-12-15(13-16)19-18-11-7-6-10-17(18)14-8-4-3-5-9-14/h3-11,15-16,19H,2,12-13H2,1H3. The molecule has 1 fully saturated rings. The van der Waals surface area contributed by atoms with E-state index in [0.29, 0.717) is 12.1 Å². The highest BCUT2D eigenvalue weighted by atomic mass is 16.5. The second-order valence-corrected chi connectivity index (χ2v) is 5.30. The summed E-state index contributed by atoms with van der Waals surface area (Å²) in [5, 5.41) is 3.65. The molecule has 0 aliphatic heterocycles. The minimum absolute atomic E-state index is 0.446. The van der Waals surface area contributed by atoms with E-state index in [2.05, 4.69) is 66.8 Å². The lowest BCUT2D eigenvalue weighted by Gasteiger charge is -2.36. The van der Waals surface area contributed by atoms with E-state index in [0.717, 1.165) is 19.4 Å².